The van der Waals surface area contributed by atoms with Crippen LogP contribution in [0.25, 0.3) is 0 Å². The Balaban J connectivity index is 1.88. The maximum Gasteiger partial charge on any atom is 0.213 e. The van der Waals surface area contributed by atoms with Crippen LogP contribution in [0.1, 0.15) is 22.4 Å². The molecule has 2 heterocycles. The first-order valence-electron chi connectivity index (χ1n) is 7.63. The van der Waals surface area contributed by atoms with Crippen LogP contribution in [0.5, 0.6) is 5.88 Å². The summed E-state index contributed by atoms with van der Waals surface area (Å²) in [6.07, 6.45) is 4.54. The molecule has 0 amide bonds. The molecule has 0 atom stereocenters. The third-order valence-corrected chi connectivity index (χ3v) is 4.05. The lowest BCUT2D eigenvalue weighted by molar-refractivity contribution is 0.397. The second-order valence-electron chi connectivity index (χ2n) is 4.94. The number of hydrogen-bond donors (Lipinski definition) is 2. The van der Waals surface area contributed by atoms with Crippen molar-refractivity contribution in [3.8, 4) is 5.88 Å². The highest BCUT2D eigenvalue weighted by Gasteiger charge is 2.02. The molecule has 2 N–H and O–H groups in total. The minimum atomic E-state index is 0.574. The molecule has 0 aliphatic heterocycles. The molecule has 0 aliphatic rings. The third-order valence-electron chi connectivity index (χ3n) is 3.07. The van der Waals surface area contributed by atoms with E-state index in [4.69, 9.17) is 4.74 Å². The summed E-state index contributed by atoms with van der Waals surface area (Å²) < 4.78 is 5.13. The van der Waals surface area contributed by atoms with Crippen LogP contribution < -0.4 is 15.4 Å². The Morgan fingerprint density at radius 1 is 1.35 bits per heavy atom. The molecule has 23 heavy (non-hydrogen) atoms. The van der Waals surface area contributed by atoms with Gasteiger partial charge in [0.05, 0.1) is 18.7 Å². The van der Waals surface area contributed by atoms with Gasteiger partial charge in [-0.3, -0.25) is 0 Å². The molecule has 2 aromatic rings. The van der Waals surface area contributed by atoms with Crippen molar-refractivity contribution in [1.82, 2.24) is 20.6 Å². The van der Waals surface area contributed by atoms with Gasteiger partial charge in [0, 0.05) is 42.8 Å². The van der Waals surface area contributed by atoms with Gasteiger partial charge in [0.25, 0.3) is 0 Å². The van der Waals surface area contributed by atoms with Gasteiger partial charge >= 0.3 is 0 Å². The number of aromatic nitrogens is 2. The Kier molecular flexibility index (Phi) is 6.80. The summed E-state index contributed by atoms with van der Waals surface area (Å²) in [5, 5.41) is 7.73. The molecule has 124 valence electrons. The lowest BCUT2D eigenvalue weighted by Crippen LogP contribution is -2.38. The minimum Gasteiger partial charge on any atom is -0.481 e. The largest absolute Gasteiger partial charge is 0.481 e. The Bertz CT molecular complexity index is 641. The molecule has 0 fully saturated rings. The molecule has 0 spiro atoms. The maximum absolute atomic E-state index is 5.13. The van der Waals surface area contributed by atoms with E-state index < -0.39 is 0 Å². The fourth-order valence-corrected chi connectivity index (χ4v) is 2.76. The monoisotopic (exact) mass is 333 g/mol. The topological polar surface area (TPSA) is 71.4 Å². The van der Waals surface area contributed by atoms with E-state index in [1.165, 1.54) is 4.88 Å². The average molecular weight is 333 g/mol. The second kappa shape index (κ2) is 9.09. The average Bonchev–Trinajstić information content (AvgIpc) is 2.98. The van der Waals surface area contributed by atoms with Gasteiger partial charge in [-0.2, -0.15) is 0 Å². The molecule has 0 unspecified atom stereocenters. The van der Waals surface area contributed by atoms with Crippen LogP contribution in [-0.4, -0.2) is 36.1 Å². The van der Waals surface area contributed by atoms with Crippen molar-refractivity contribution >= 4 is 17.3 Å². The molecular weight excluding hydrogens is 310 g/mol. The zero-order valence-electron chi connectivity index (χ0n) is 13.8. The number of nitrogens with zero attached hydrogens (tertiary/aromatic N) is 3. The smallest absolute Gasteiger partial charge is 0.213 e. The summed E-state index contributed by atoms with van der Waals surface area (Å²) in [6.45, 7) is 6.32. The molecule has 0 aromatic carbocycles. The van der Waals surface area contributed by atoms with E-state index in [0.29, 0.717) is 12.4 Å². The third kappa shape index (κ3) is 5.86. The molecule has 0 saturated heterocycles. The van der Waals surface area contributed by atoms with Crippen molar-refractivity contribution in [1.29, 1.82) is 0 Å². The van der Waals surface area contributed by atoms with Crippen LogP contribution in [0.15, 0.2) is 29.5 Å². The van der Waals surface area contributed by atoms with Gasteiger partial charge in [-0.25, -0.2) is 15.0 Å². The highest BCUT2D eigenvalue weighted by Crippen LogP contribution is 2.11. The number of guanidine groups is 1. The zero-order valence-corrected chi connectivity index (χ0v) is 14.6. The molecule has 0 saturated carbocycles. The molecule has 2 aromatic heterocycles. The molecule has 0 bridgehead atoms. The van der Waals surface area contributed by atoms with Gasteiger partial charge in [0.15, 0.2) is 5.96 Å². The molecule has 7 heteroatoms. The van der Waals surface area contributed by atoms with E-state index >= 15 is 0 Å². The fraction of sp³-hybridized carbons (Fsp3) is 0.438. The van der Waals surface area contributed by atoms with Gasteiger partial charge in [-0.15, -0.1) is 11.3 Å². The predicted molar refractivity (Wildman–Crippen MR) is 94.2 cm³/mol. The van der Waals surface area contributed by atoms with Crippen molar-refractivity contribution in [2.75, 3.05) is 20.2 Å². The van der Waals surface area contributed by atoms with E-state index in [9.17, 15) is 0 Å². The van der Waals surface area contributed by atoms with E-state index in [0.717, 1.165) is 36.0 Å². The molecule has 6 nitrogen and oxygen atoms in total. The number of methoxy groups -OCH3 is 1. The summed E-state index contributed by atoms with van der Waals surface area (Å²) in [5.41, 5.74) is 1.06. The van der Waals surface area contributed by atoms with E-state index in [-0.39, 0.29) is 0 Å². The number of hydrogen-bond acceptors (Lipinski definition) is 5. The van der Waals surface area contributed by atoms with Crippen LogP contribution >= 0.6 is 11.3 Å². The Morgan fingerprint density at radius 2 is 2.22 bits per heavy atom. The fourth-order valence-electron chi connectivity index (χ4n) is 1.98. The molecule has 2 rings (SSSR count). The van der Waals surface area contributed by atoms with Crippen molar-refractivity contribution in [3.63, 3.8) is 0 Å². The number of rotatable bonds is 7. The molecule has 0 aliphatic carbocycles. The van der Waals surface area contributed by atoms with Crippen LogP contribution in [0.3, 0.4) is 0 Å². The van der Waals surface area contributed by atoms with Crippen LogP contribution in [0.2, 0.25) is 0 Å². The van der Waals surface area contributed by atoms with E-state index in [1.807, 2.05) is 18.3 Å². The Morgan fingerprint density at radius 3 is 2.91 bits per heavy atom. The van der Waals surface area contributed by atoms with Gasteiger partial charge in [0.2, 0.25) is 5.88 Å². The number of aliphatic imine (C=N–C) groups is 1. The summed E-state index contributed by atoms with van der Waals surface area (Å²) in [5.74, 6) is 1.41. The SMILES string of the molecule is CCNC(=NCc1ccnc(OC)c1)NCCc1ncc(C)s1. The van der Waals surface area contributed by atoms with Crippen molar-refractivity contribution in [2.45, 2.75) is 26.8 Å². The Hall–Kier alpha value is -2.15. The lowest BCUT2D eigenvalue weighted by Gasteiger charge is -2.10. The van der Waals surface area contributed by atoms with Crippen molar-refractivity contribution in [2.24, 2.45) is 4.99 Å². The van der Waals surface area contributed by atoms with Gasteiger partial charge < -0.3 is 15.4 Å². The normalized spacial score (nSPS) is 11.3. The minimum absolute atomic E-state index is 0.574. The number of thiazole rings is 1. The number of pyridine rings is 1. The van der Waals surface area contributed by atoms with Crippen molar-refractivity contribution in [3.05, 3.63) is 40.0 Å². The predicted octanol–water partition coefficient (Wildman–Crippen LogP) is 2.15. The van der Waals surface area contributed by atoms with E-state index in [1.54, 1.807) is 24.6 Å². The van der Waals surface area contributed by atoms with Crippen LogP contribution in [-0.2, 0) is 13.0 Å². The summed E-state index contributed by atoms with van der Waals surface area (Å²) >= 11 is 1.73. The standard InChI is InChI=1S/C16H23N5OS/c1-4-17-16(19-8-6-15-20-10-12(2)23-15)21-11-13-5-7-18-14(9-13)22-3/h5,7,9-10H,4,6,8,11H2,1-3H3,(H2,17,19,21). The molecular formula is C16H23N5OS. The first kappa shape index (κ1) is 17.2. The maximum atomic E-state index is 5.13. The first-order valence-corrected chi connectivity index (χ1v) is 8.45. The van der Waals surface area contributed by atoms with Crippen LogP contribution in [0.4, 0.5) is 0 Å². The summed E-state index contributed by atoms with van der Waals surface area (Å²) in [7, 11) is 1.61. The number of ether oxygens (including phenoxy) is 1. The van der Waals surface area contributed by atoms with Crippen LogP contribution in [0, 0.1) is 6.92 Å². The lowest BCUT2D eigenvalue weighted by atomic mass is 10.3. The first-order chi connectivity index (χ1) is 11.2. The summed E-state index contributed by atoms with van der Waals surface area (Å²) in [6, 6.07) is 3.83. The number of aryl methyl sites for hydroxylation is 1. The zero-order chi connectivity index (χ0) is 16.5. The number of nitrogens with one attached hydrogen (secondary N) is 2. The van der Waals surface area contributed by atoms with Gasteiger partial charge in [-0.1, -0.05) is 0 Å². The van der Waals surface area contributed by atoms with Gasteiger partial charge in [0.1, 0.15) is 0 Å². The van der Waals surface area contributed by atoms with Gasteiger partial charge in [-0.05, 0) is 25.5 Å². The molecule has 0 radical (unpaired) electrons. The summed E-state index contributed by atoms with van der Waals surface area (Å²) in [4.78, 5) is 14.3. The highest BCUT2D eigenvalue weighted by molar-refractivity contribution is 7.11. The highest BCUT2D eigenvalue weighted by atomic mass is 32.1. The Labute approximate surface area is 141 Å². The van der Waals surface area contributed by atoms with E-state index in [2.05, 4.69) is 39.4 Å². The second-order valence-corrected chi connectivity index (χ2v) is 6.26. The van der Waals surface area contributed by atoms with Crippen molar-refractivity contribution < 1.29 is 4.74 Å². The quantitative estimate of drug-likeness (QED) is 0.600.